The summed E-state index contributed by atoms with van der Waals surface area (Å²) in [6.07, 6.45) is 0. The van der Waals surface area contributed by atoms with E-state index in [9.17, 15) is 23.3 Å². The molecule has 0 aliphatic heterocycles. The number of carboxylic acid groups (broad SMARTS) is 1. The van der Waals surface area contributed by atoms with Crippen LogP contribution in [0.5, 0.6) is 0 Å². The maximum Gasteiger partial charge on any atom is 0.335 e. The Labute approximate surface area is 99.3 Å². The van der Waals surface area contributed by atoms with E-state index in [1.807, 2.05) is 0 Å². The molecular weight excluding hydrogens is 278 g/mol. The van der Waals surface area contributed by atoms with Gasteiger partial charge in [-0.15, -0.1) is 0 Å². The van der Waals surface area contributed by atoms with Crippen LogP contribution < -0.4 is 0 Å². The van der Waals surface area contributed by atoms with Crippen LogP contribution >= 0.6 is 11.6 Å². The average Bonchev–Trinajstić information content (AvgIpc) is 2.15. The standard InChI is InChI=1S/C7H4ClNO7S/c8-6-4(9(12)13)1-3(7(10)11)2-5(6)17(14,15)16/h1-2H,(H,10,11)(H,14,15,16). The summed E-state index contributed by atoms with van der Waals surface area (Å²) in [6.45, 7) is 0. The fourth-order valence-electron chi connectivity index (χ4n) is 1.03. The van der Waals surface area contributed by atoms with E-state index in [4.69, 9.17) is 21.3 Å². The van der Waals surface area contributed by atoms with Gasteiger partial charge < -0.3 is 5.11 Å². The molecule has 0 bridgehead atoms. The van der Waals surface area contributed by atoms with Gasteiger partial charge in [-0.05, 0) is 6.07 Å². The lowest BCUT2D eigenvalue weighted by Gasteiger charge is -2.03. The lowest BCUT2D eigenvalue weighted by atomic mass is 10.2. The zero-order valence-electron chi connectivity index (χ0n) is 7.82. The van der Waals surface area contributed by atoms with Crippen LogP contribution in [0, 0.1) is 10.1 Å². The van der Waals surface area contributed by atoms with E-state index < -0.39 is 42.2 Å². The number of hydrogen-bond donors (Lipinski definition) is 2. The first-order chi connectivity index (χ1) is 7.64. The highest BCUT2D eigenvalue weighted by molar-refractivity contribution is 7.86. The number of carboxylic acids is 1. The molecule has 1 aromatic rings. The van der Waals surface area contributed by atoms with E-state index >= 15 is 0 Å². The van der Waals surface area contributed by atoms with Gasteiger partial charge in [-0.2, -0.15) is 8.42 Å². The van der Waals surface area contributed by atoms with Gasteiger partial charge in [0, 0.05) is 6.07 Å². The summed E-state index contributed by atoms with van der Waals surface area (Å²) >= 11 is 5.39. The van der Waals surface area contributed by atoms with Crippen LogP contribution in [-0.4, -0.2) is 29.0 Å². The van der Waals surface area contributed by atoms with Gasteiger partial charge in [0.1, 0.15) is 9.92 Å². The second kappa shape index (κ2) is 4.28. The van der Waals surface area contributed by atoms with E-state index in [2.05, 4.69) is 0 Å². The van der Waals surface area contributed by atoms with Gasteiger partial charge >= 0.3 is 5.97 Å². The van der Waals surface area contributed by atoms with Crippen molar-refractivity contribution in [2.24, 2.45) is 0 Å². The van der Waals surface area contributed by atoms with Gasteiger partial charge in [0.25, 0.3) is 15.8 Å². The topological polar surface area (TPSA) is 135 Å². The van der Waals surface area contributed by atoms with Gasteiger partial charge in [0.05, 0.1) is 10.5 Å². The Morgan fingerprint density at radius 2 is 1.94 bits per heavy atom. The summed E-state index contributed by atoms with van der Waals surface area (Å²) in [4.78, 5) is 19.1. The Morgan fingerprint density at radius 3 is 2.29 bits per heavy atom. The molecule has 92 valence electrons. The molecule has 8 nitrogen and oxygen atoms in total. The third kappa shape index (κ3) is 2.70. The Morgan fingerprint density at radius 1 is 1.41 bits per heavy atom. The summed E-state index contributed by atoms with van der Waals surface area (Å²) in [5.41, 5.74) is -1.59. The van der Waals surface area contributed by atoms with Crippen LogP contribution in [0.25, 0.3) is 0 Å². The van der Waals surface area contributed by atoms with E-state index in [0.717, 1.165) is 0 Å². The quantitative estimate of drug-likeness (QED) is 0.482. The highest BCUT2D eigenvalue weighted by Crippen LogP contribution is 2.32. The number of nitrogens with zero attached hydrogens (tertiary/aromatic N) is 1. The van der Waals surface area contributed by atoms with Gasteiger partial charge in [-0.25, -0.2) is 4.79 Å². The molecule has 0 radical (unpaired) electrons. The molecule has 0 fully saturated rings. The molecule has 17 heavy (non-hydrogen) atoms. The maximum absolute atomic E-state index is 10.9. The van der Waals surface area contributed by atoms with Crippen molar-refractivity contribution in [3.05, 3.63) is 32.8 Å². The maximum atomic E-state index is 10.9. The van der Waals surface area contributed by atoms with Gasteiger partial charge in [-0.1, -0.05) is 11.6 Å². The van der Waals surface area contributed by atoms with Crippen LogP contribution in [0.1, 0.15) is 10.4 Å². The molecular formula is C7H4ClNO7S. The summed E-state index contributed by atoms with van der Waals surface area (Å²) in [5.74, 6) is -1.59. The van der Waals surface area contributed by atoms with Crippen molar-refractivity contribution < 1.29 is 27.8 Å². The van der Waals surface area contributed by atoms with Gasteiger partial charge in [-0.3, -0.25) is 14.7 Å². The SMILES string of the molecule is O=C(O)c1cc([N+](=O)[O-])c(Cl)c(S(=O)(=O)O)c1. The highest BCUT2D eigenvalue weighted by atomic mass is 35.5. The minimum atomic E-state index is -4.85. The monoisotopic (exact) mass is 281 g/mol. The molecule has 0 amide bonds. The van der Waals surface area contributed by atoms with Gasteiger partial charge in [0.15, 0.2) is 0 Å². The summed E-state index contributed by atoms with van der Waals surface area (Å²) in [5, 5.41) is 18.3. The van der Waals surface area contributed by atoms with Crippen LogP contribution in [0.15, 0.2) is 17.0 Å². The number of nitro groups is 1. The fraction of sp³-hybridized carbons (Fsp3) is 0. The molecule has 0 unspecified atom stereocenters. The predicted molar refractivity (Wildman–Crippen MR) is 54.9 cm³/mol. The molecule has 0 aliphatic carbocycles. The van der Waals surface area contributed by atoms with Crippen molar-refractivity contribution in [1.29, 1.82) is 0 Å². The second-order valence-corrected chi connectivity index (χ2v) is 4.61. The van der Waals surface area contributed by atoms with E-state index in [-0.39, 0.29) is 0 Å². The third-order valence-electron chi connectivity index (χ3n) is 1.74. The molecule has 0 spiro atoms. The van der Waals surface area contributed by atoms with Crippen molar-refractivity contribution in [2.45, 2.75) is 4.90 Å². The van der Waals surface area contributed by atoms with Crippen molar-refractivity contribution in [2.75, 3.05) is 0 Å². The van der Waals surface area contributed by atoms with Crippen molar-refractivity contribution >= 4 is 33.4 Å². The predicted octanol–water partition coefficient (Wildman–Crippen LogP) is 1.19. The Bertz CT molecular complexity index is 609. The first-order valence-corrected chi connectivity index (χ1v) is 5.65. The van der Waals surface area contributed by atoms with E-state index in [1.165, 1.54) is 0 Å². The average molecular weight is 282 g/mol. The number of rotatable bonds is 3. The minimum absolute atomic E-state index is 0.535. The number of carbonyl (C=O) groups is 1. The number of aromatic carboxylic acids is 1. The molecule has 10 heteroatoms. The molecule has 0 aromatic heterocycles. The van der Waals surface area contributed by atoms with Crippen LogP contribution in [0.2, 0.25) is 5.02 Å². The first kappa shape index (κ1) is 13.4. The summed E-state index contributed by atoms with van der Waals surface area (Å²) < 4.78 is 30.5. The van der Waals surface area contributed by atoms with Crippen LogP contribution in [0.3, 0.4) is 0 Å². The normalized spacial score (nSPS) is 11.2. The highest BCUT2D eigenvalue weighted by Gasteiger charge is 2.26. The smallest absolute Gasteiger partial charge is 0.335 e. The zero-order valence-corrected chi connectivity index (χ0v) is 9.40. The van der Waals surface area contributed by atoms with Crippen molar-refractivity contribution in [3.63, 3.8) is 0 Å². The molecule has 1 rings (SSSR count). The number of hydrogen-bond acceptors (Lipinski definition) is 5. The van der Waals surface area contributed by atoms with E-state index in [0.29, 0.717) is 12.1 Å². The molecule has 0 saturated carbocycles. The summed E-state index contributed by atoms with van der Waals surface area (Å²) in [6, 6.07) is 1.13. The number of halogens is 1. The first-order valence-electron chi connectivity index (χ1n) is 3.83. The molecule has 0 saturated heterocycles. The molecule has 0 aliphatic rings. The molecule has 0 atom stereocenters. The van der Waals surface area contributed by atoms with Gasteiger partial charge in [0.2, 0.25) is 0 Å². The van der Waals surface area contributed by atoms with Crippen LogP contribution in [0.4, 0.5) is 5.69 Å². The second-order valence-electron chi connectivity index (χ2n) is 2.84. The lowest BCUT2D eigenvalue weighted by Crippen LogP contribution is -2.06. The lowest BCUT2D eigenvalue weighted by molar-refractivity contribution is -0.384. The molecule has 1 aromatic carbocycles. The molecule has 2 N–H and O–H groups in total. The Kier molecular flexibility index (Phi) is 3.36. The summed E-state index contributed by atoms with van der Waals surface area (Å²) in [7, 11) is -4.85. The third-order valence-corrected chi connectivity index (χ3v) is 3.13. The number of benzene rings is 1. The largest absolute Gasteiger partial charge is 0.478 e. The fourth-order valence-corrected chi connectivity index (χ4v) is 2.10. The Hall–Kier alpha value is -1.71. The van der Waals surface area contributed by atoms with Crippen molar-refractivity contribution in [1.82, 2.24) is 0 Å². The van der Waals surface area contributed by atoms with Crippen LogP contribution in [-0.2, 0) is 10.1 Å². The Balaban J connectivity index is 3.73. The van der Waals surface area contributed by atoms with Crippen molar-refractivity contribution in [3.8, 4) is 0 Å². The number of nitro benzene ring substituents is 1. The minimum Gasteiger partial charge on any atom is -0.478 e. The zero-order chi connectivity index (χ0) is 13.4. The van der Waals surface area contributed by atoms with E-state index in [1.54, 1.807) is 0 Å². The molecule has 0 heterocycles.